The van der Waals surface area contributed by atoms with Crippen LogP contribution in [-0.2, 0) is 0 Å². The number of hydrogen-bond donors (Lipinski definition) is 1. The Balaban J connectivity index is 1.72. The lowest BCUT2D eigenvalue weighted by Crippen LogP contribution is -1.99. The van der Waals surface area contributed by atoms with Crippen LogP contribution in [0.2, 0.25) is 0 Å². The third-order valence-electron chi connectivity index (χ3n) is 2.41. The first kappa shape index (κ1) is 15.4. The molecule has 0 amide bonds. The molecule has 1 N–H and O–H groups in total. The number of aliphatic hydroxyl groups is 1. The second-order valence-electron chi connectivity index (χ2n) is 4.08. The zero-order valence-corrected chi connectivity index (χ0v) is 12.5. The lowest BCUT2D eigenvalue weighted by Gasteiger charge is -2.04. The highest BCUT2D eigenvalue weighted by Gasteiger charge is 2.02. The van der Waals surface area contributed by atoms with Crippen molar-refractivity contribution in [2.45, 2.75) is 18.6 Å². The van der Waals surface area contributed by atoms with Gasteiger partial charge in [-0.3, -0.25) is 0 Å². The minimum atomic E-state index is 0.0887. The second kappa shape index (κ2) is 8.35. The smallest absolute Gasteiger partial charge is 0.276 e. The van der Waals surface area contributed by atoms with Gasteiger partial charge < -0.3 is 14.3 Å². The van der Waals surface area contributed by atoms with Crippen LogP contribution >= 0.6 is 11.8 Å². The summed E-state index contributed by atoms with van der Waals surface area (Å²) in [7, 11) is 0. The van der Waals surface area contributed by atoms with Gasteiger partial charge in [0, 0.05) is 24.7 Å². The first-order valence-corrected chi connectivity index (χ1v) is 7.52. The number of ether oxygens (including phenoxy) is 1. The average Bonchev–Trinajstić information content (AvgIpc) is 2.91. The normalized spacial score (nSPS) is 10.0. The number of aliphatic hydroxyl groups excluding tert-OH is 1. The summed E-state index contributed by atoms with van der Waals surface area (Å²) in [5.41, 5.74) is 0.909. The molecule has 1 aromatic carbocycles. The maximum Gasteiger partial charge on any atom is 0.276 e. The first-order valence-electron chi connectivity index (χ1n) is 6.53. The van der Waals surface area contributed by atoms with Gasteiger partial charge >= 0.3 is 0 Å². The molecule has 6 heteroatoms. The maximum absolute atomic E-state index is 8.65. The topological polar surface area (TPSA) is 68.4 Å². The highest BCUT2D eigenvalue weighted by Crippen LogP contribution is 2.16. The monoisotopic (exact) mass is 304 g/mol. The molecule has 5 nitrogen and oxygen atoms in total. The van der Waals surface area contributed by atoms with Crippen LogP contribution in [0.5, 0.6) is 5.75 Å². The SMILES string of the molecule is Cc1nnc(SCCOc2ccc(C#CCCO)cc2)o1. The van der Waals surface area contributed by atoms with Gasteiger partial charge in [-0.05, 0) is 24.3 Å². The molecule has 0 atom stereocenters. The number of aromatic nitrogens is 2. The molecule has 0 bridgehead atoms. The van der Waals surface area contributed by atoms with Gasteiger partial charge in [0.25, 0.3) is 5.22 Å². The minimum Gasteiger partial charge on any atom is -0.493 e. The summed E-state index contributed by atoms with van der Waals surface area (Å²) in [6.07, 6.45) is 0.491. The molecule has 0 unspecified atom stereocenters. The predicted molar refractivity (Wildman–Crippen MR) is 80.3 cm³/mol. The zero-order valence-electron chi connectivity index (χ0n) is 11.7. The van der Waals surface area contributed by atoms with E-state index in [2.05, 4.69) is 22.0 Å². The Kier molecular flexibility index (Phi) is 6.13. The van der Waals surface area contributed by atoms with E-state index in [9.17, 15) is 0 Å². The van der Waals surface area contributed by atoms with Crippen molar-refractivity contribution < 1.29 is 14.3 Å². The molecule has 21 heavy (non-hydrogen) atoms. The summed E-state index contributed by atoms with van der Waals surface area (Å²) < 4.78 is 10.9. The van der Waals surface area contributed by atoms with E-state index in [0.717, 1.165) is 17.1 Å². The average molecular weight is 304 g/mol. The van der Waals surface area contributed by atoms with Crippen molar-refractivity contribution in [3.05, 3.63) is 35.7 Å². The van der Waals surface area contributed by atoms with Crippen molar-refractivity contribution in [3.8, 4) is 17.6 Å². The fraction of sp³-hybridized carbons (Fsp3) is 0.333. The number of benzene rings is 1. The number of rotatable bonds is 6. The van der Waals surface area contributed by atoms with Crippen molar-refractivity contribution in [1.29, 1.82) is 0 Å². The Morgan fingerprint density at radius 1 is 1.29 bits per heavy atom. The fourth-order valence-electron chi connectivity index (χ4n) is 1.48. The van der Waals surface area contributed by atoms with E-state index in [1.807, 2.05) is 24.3 Å². The molecule has 0 aliphatic heterocycles. The van der Waals surface area contributed by atoms with Crippen LogP contribution in [-0.4, -0.2) is 34.3 Å². The number of thioether (sulfide) groups is 1. The Bertz CT molecular complexity index is 614. The van der Waals surface area contributed by atoms with Crippen molar-refractivity contribution >= 4 is 11.8 Å². The Labute approximate surface area is 127 Å². The molecule has 110 valence electrons. The number of hydrogen-bond acceptors (Lipinski definition) is 6. The minimum absolute atomic E-state index is 0.0887. The van der Waals surface area contributed by atoms with E-state index in [-0.39, 0.29) is 6.61 Å². The number of nitrogens with zero attached hydrogens (tertiary/aromatic N) is 2. The van der Waals surface area contributed by atoms with Crippen LogP contribution in [0.25, 0.3) is 0 Å². The molecular weight excluding hydrogens is 288 g/mol. The van der Waals surface area contributed by atoms with Crippen LogP contribution in [0.4, 0.5) is 0 Å². The van der Waals surface area contributed by atoms with E-state index in [1.54, 1.807) is 6.92 Å². The van der Waals surface area contributed by atoms with Gasteiger partial charge in [-0.15, -0.1) is 10.2 Å². The van der Waals surface area contributed by atoms with Crippen LogP contribution < -0.4 is 4.74 Å². The van der Waals surface area contributed by atoms with Gasteiger partial charge in [-0.1, -0.05) is 23.6 Å². The highest BCUT2D eigenvalue weighted by atomic mass is 32.2. The van der Waals surface area contributed by atoms with E-state index in [1.165, 1.54) is 11.8 Å². The quantitative estimate of drug-likeness (QED) is 0.502. The molecule has 0 radical (unpaired) electrons. The van der Waals surface area contributed by atoms with Gasteiger partial charge in [0.1, 0.15) is 5.75 Å². The van der Waals surface area contributed by atoms with Gasteiger partial charge in [0.2, 0.25) is 5.89 Å². The second-order valence-corrected chi connectivity index (χ2v) is 5.13. The van der Waals surface area contributed by atoms with E-state index in [4.69, 9.17) is 14.3 Å². The predicted octanol–water partition coefficient (Wildman–Crippen LogP) is 2.28. The molecule has 0 aliphatic rings. The van der Waals surface area contributed by atoms with E-state index < -0.39 is 0 Å². The largest absolute Gasteiger partial charge is 0.493 e. The van der Waals surface area contributed by atoms with Crippen LogP contribution in [0, 0.1) is 18.8 Å². The molecule has 0 fully saturated rings. The summed E-state index contributed by atoms with van der Waals surface area (Å²) in [5.74, 6) is 7.94. The summed E-state index contributed by atoms with van der Waals surface area (Å²) in [4.78, 5) is 0. The van der Waals surface area contributed by atoms with Crippen LogP contribution in [0.3, 0.4) is 0 Å². The van der Waals surface area contributed by atoms with Gasteiger partial charge in [-0.25, -0.2) is 0 Å². The Morgan fingerprint density at radius 3 is 2.76 bits per heavy atom. The van der Waals surface area contributed by atoms with E-state index >= 15 is 0 Å². The highest BCUT2D eigenvalue weighted by molar-refractivity contribution is 7.99. The number of aryl methyl sites for hydroxylation is 1. The Hall–Kier alpha value is -1.97. The lowest BCUT2D eigenvalue weighted by molar-refractivity contribution is 0.305. The lowest BCUT2D eigenvalue weighted by atomic mass is 10.2. The third-order valence-corrected chi connectivity index (χ3v) is 3.19. The van der Waals surface area contributed by atoms with Crippen molar-refractivity contribution in [2.24, 2.45) is 0 Å². The summed E-state index contributed by atoms with van der Waals surface area (Å²) >= 11 is 1.47. The summed E-state index contributed by atoms with van der Waals surface area (Å²) in [6, 6.07) is 7.55. The molecule has 0 saturated heterocycles. The van der Waals surface area contributed by atoms with Gasteiger partial charge in [0.05, 0.1) is 13.2 Å². The fourth-order valence-corrected chi connectivity index (χ4v) is 2.10. The zero-order chi connectivity index (χ0) is 14.9. The van der Waals surface area contributed by atoms with E-state index in [0.29, 0.717) is 24.1 Å². The molecule has 0 saturated carbocycles. The molecule has 0 aliphatic carbocycles. The molecule has 2 aromatic rings. The first-order chi connectivity index (χ1) is 10.3. The van der Waals surface area contributed by atoms with Gasteiger partial charge in [-0.2, -0.15) is 0 Å². The summed E-state index contributed by atoms with van der Waals surface area (Å²) in [5, 5.41) is 16.9. The molecule has 0 spiro atoms. The molecule has 1 heterocycles. The van der Waals surface area contributed by atoms with Crippen LogP contribution in [0.1, 0.15) is 17.9 Å². The van der Waals surface area contributed by atoms with Crippen molar-refractivity contribution in [1.82, 2.24) is 10.2 Å². The maximum atomic E-state index is 8.65. The van der Waals surface area contributed by atoms with Crippen LogP contribution in [0.15, 0.2) is 33.9 Å². The van der Waals surface area contributed by atoms with Crippen molar-refractivity contribution in [2.75, 3.05) is 19.0 Å². The standard InChI is InChI=1S/C15H16N2O3S/c1-12-16-17-15(20-12)21-11-10-19-14-7-5-13(6-8-14)4-2-3-9-18/h5-8,18H,3,9-11H2,1H3. The van der Waals surface area contributed by atoms with Crippen molar-refractivity contribution in [3.63, 3.8) is 0 Å². The molecule has 1 aromatic heterocycles. The molecule has 2 rings (SSSR count). The Morgan fingerprint density at radius 2 is 2.10 bits per heavy atom. The van der Waals surface area contributed by atoms with Gasteiger partial charge in [0.15, 0.2) is 0 Å². The summed E-state index contributed by atoms with van der Waals surface area (Å²) in [6.45, 7) is 2.41. The molecular formula is C15H16N2O3S. The third kappa shape index (κ3) is 5.50.